The molecule has 0 aliphatic heterocycles. The molecule has 1 saturated carbocycles. The molecule has 0 aromatic heterocycles. The van der Waals surface area contributed by atoms with E-state index in [0.29, 0.717) is 16.9 Å². The van der Waals surface area contributed by atoms with E-state index < -0.39 is 5.54 Å². The fourth-order valence-corrected chi connectivity index (χ4v) is 3.35. The van der Waals surface area contributed by atoms with Gasteiger partial charge < -0.3 is 5.32 Å². The standard InChI is InChI=1S/C15H18BrClN2/c1-10-5-6-15(9-18,11(2)7-10)19-12-3-4-14(17)13(16)8-12/h3-4,8,10-11,19H,5-7H2,1-2H3. The maximum Gasteiger partial charge on any atom is 0.127 e. The van der Waals surface area contributed by atoms with Gasteiger partial charge in [0.05, 0.1) is 11.1 Å². The summed E-state index contributed by atoms with van der Waals surface area (Å²) < 4.78 is 0.851. The third kappa shape index (κ3) is 3.07. The van der Waals surface area contributed by atoms with Crippen LogP contribution in [0.2, 0.25) is 5.02 Å². The lowest BCUT2D eigenvalue weighted by molar-refractivity contribution is 0.229. The van der Waals surface area contributed by atoms with E-state index in [1.807, 2.05) is 18.2 Å². The number of benzene rings is 1. The van der Waals surface area contributed by atoms with Crippen LogP contribution in [0.4, 0.5) is 5.69 Å². The van der Waals surface area contributed by atoms with Crippen molar-refractivity contribution in [3.05, 3.63) is 27.7 Å². The summed E-state index contributed by atoms with van der Waals surface area (Å²) in [5.74, 6) is 1.05. The van der Waals surface area contributed by atoms with E-state index in [9.17, 15) is 5.26 Å². The highest BCUT2D eigenvalue weighted by Gasteiger charge is 2.40. The summed E-state index contributed by atoms with van der Waals surface area (Å²) in [5, 5.41) is 13.7. The van der Waals surface area contributed by atoms with E-state index in [-0.39, 0.29) is 0 Å². The maximum absolute atomic E-state index is 9.63. The minimum Gasteiger partial charge on any atom is -0.367 e. The van der Waals surface area contributed by atoms with Gasteiger partial charge in [0.2, 0.25) is 0 Å². The van der Waals surface area contributed by atoms with Crippen LogP contribution < -0.4 is 5.32 Å². The van der Waals surface area contributed by atoms with Gasteiger partial charge in [-0.2, -0.15) is 5.26 Å². The van der Waals surface area contributed by atoms with Gasteiger partial charge in [0.1, 0.15) is 5.54 Å². The van der Waals surface area contributed by atoms with Crippen LogP contribution in [0.25, 0.3) is 0 Å². The zero-order valence-corrected chi connectivity index (χ0v) is 13.6. The zero-order chi connectivity index (χ0) is 14.0. The molecule has 3 unspecified atom stereocenters. The van der Waals surface area contributed by atoms with Crippen molar-refractivity contribution in [2.24, 2.45) is 11.8 Å². The molecule has 1 aliphatic rings. The van der Waals surface area contributed by atoms with Crippen LogP contribution in [0.3, 0.4) is 0 Å². The number of nitrogens with zero attached hydrogens (tertiary/aromatic N) is 1. The Bertz CT molecular complexity index is 511. The Kier molecular flexibility index (Phi) is 4.43. The van der Waals surface area contributed by atoms with Crippen molar-refractivity contribution in [2.75, 3.05) is 5.32 Å². The Morgan fingerprint density at radius 1 is 1.47 bits per heavy atom. The van der Waals surface area contributed by atoms with Crippen LogP contribution in [0.1, 0.15) is 33.1 Å². The first kappa shape index (κ1) is 14.7. The highest BCUT2D eigenvalue weighted by Crippen LogP contribution is 2.39. The van der Waals surface area contributed by atoms with Crippen molar-refractivity contribution >= 4 is 33.2 Å². The van der Waals surface area contributed by atoms with E-state index in [2.05, 4.69) is 41.2 Å². The van der Waals surface area contributed by atoms with E-state index in [4.69, 9.17) is 11.6 Å². The number of rotatable bonds is 2. The predicted octanol–water partition coefficient (Wildman–Crippen LogP) is 5.23. The van der Waals surface area contributed by atoms with Crippen LogP contribution in [0.15, 0.2) is 22.7 Å². The molecule has 0 saturated heterocycles. The topological polar surface area (TPSA) is 35.8 Å². The molecule has 1 N–H and O–H groups in total. The number of hydrogen-bond donors (Lipinski definition) is 1. The SMILES string of the molecule is CC1CCC(C#N)(Nc2ccc(Cl)c(Br)c2)C(C)C1. The van der Waals surface area contributed by atoms with Gasteiger partial charge in [-0.25, -0.2) is 0 Å². The maximum atomic E-state index is 9.63. The molecule has 2 rings (SSSR count). The molecule has 0 spiro atoms. The van der Waals surface area contributed by atoms with Gasteiger partial charge in [-0.3, -0.25) is 0 Å². The Hall–Kier alpha value is -0.720. The van der Waals surface area contributed by atoms with Crippen molar-refractivity contribution in [2.45, 2.75) is 38.6 Å². The van der Waals surface area contributed by atoms with Gasteiger partial charge in [-0.05, 0) is 65.2 Å². The lowest BCUT2D eigenvalue weighted by Crippen LogP contribution is -2.46. The summed E-state index contributed by atoms with van der Waals surface area (Å²) in [6.07, 6.45) is 3.08. The van der Waals surface area contributed by atoms with Crippen molar-refractivity contribution in [3.63, 3.8) is 0 Å². The summed E-state index contributed by atoms with van der Waals surface area (Å²) in [4.78, 5) is 0. The van der Waals surface area contributed by atoms with Crippen molar-refractivity contribution < 1.29 is 0 Å². The first-order valence-electron chi connectivity index (χ1n) is 6.61. The molecule has 0 heterocycles. The number of halogens is 2. The molecule has 3 atom stereocenters. The number of nitrogens with one attached hydrogen (secondary N) is 1. The monoisotopic (exact) mass is 340 g/mol. The largest absolute Gasteiger partial charge is 0.367 e. The Balaban J connectivity index is 2.23. The van der Waals surface area contributed by atoms with Crippen LogP contribution in [-0.4, -0.2) is 5.54 Å². The second-order valence-corrected chi connectivity index (χ2v) is 6.88. The number of nitriles is 1. The van der Waals surface area contributed by atoms with Crippen LogP contribution >= 0.6 is 27.5 Å². The fourth-order valence-electron chi connectivity index (χ4n) is 2.85. The van der Waals surface area contributed by atoms with Crippen LogP contribution in [-0.2, 0) is 0 Å². The summed E-state index contributed by atoms with van der Waals surface area (Å²) in [7, 11) is 0. The first-order chi connectivity index (χ1) is 8.97. The third-order valence-corrected chi connectivity index (χ3v) is 5.33. The molecular formula is C15H18BrClN2. The van der Waals surface area contributed by atoms with Gasteiger partial charge in [-0.15, -0.1) is 0 Å². The highest BCUT2D eigenvalue weighted by molar-refractivity contribution is 9.10. The van der Waals surface area contributed by atoms with Gasteiger partial charge in [0.25, 0.3) is 0 Å². The minimum absolute atomic E-state index is 0.343. The molecule has 1 fully saturated rings. The summed E-state index contributed by atoms with van der Waals surface area (Å²) in [6.45, 7) is 4.42. The molecule has 19 heavy (non-hydrogen) atoms. The van der Waals surface area contributed by atoms with Crippen LogP contribution in [0.5, 0.6) is 0 Å². The summed E-state index contributed by atoms with van der Waals surface area (Å²) in [6, 6.07) is 8.22. The molecule has 1 aromatic rings. The Morgan fingerprint density at radius 3 is 2.79 bits per heavy atom. The molecule has 2 nitrogen and oxygen atoms in total. The third-order valence-electron chi connectivity index (χ3n) is 4.12. The fraction of sp³-hybridized carbons (Fsp3) is 0.533. The summed E-state index contributed by atoms with van der Waals surface area (Å²) in [5.41, 5.74) is 0.485. The minimum atomic E-state index is -0.459. The van der Waals surface area contributed by atoms with E-state index in [0.717, 1.165) is 29.4 Å². The lowest BCUT2D eigenvalue weighted by atomic mass is 9.70. The molecule has 102 valence electrons. The first-order valence-corrected chi connectivity index (χ1v) is 7.78. The van der Waals surface area contributed by atoms with Gasteiger partial charge >= 0.3 is 0 Å². The molecule has 1 aromatic carbocycles. The highest BCUT2D eigenvalue weighted by atomic mass is 79.9. The quantitative estimate of drug-likeness (QED) is 0.799. The second-order valence-electron chi connectivity index (χ2n) is 5.62. The smallest absolute Gasteiger partial charge is 0.127 e. The van der Waals surface area contributed by atoms with Crippen molar-refractivity contribution in [3.8, 4) is 6.07 Å². The van der Waals surface area contributed by atoms with Crippen molar-refractivity contribution in [1.82, 2.24) is 0 Å². The average Bonchev–Trinajstić information content (AvgIpc) is 2.37. The van der Waals surface area contributed by atoms with Gasteiger partial charge in [0.15, 0.2) is 0 Å². The van der Waals surface area contributed by atoms with E-state index >= 15 is 0 Å². The van der Waals surface area contributed by atoms with E-state index in [1.54, 1.807) is 0 Å². The second kappa shape index (κ2) is 5.73. The average molecular weight is 342 g/mol. The van der Waals surface area contributed by atoms with Crippen LogP contribution in [0, 0.1) is 23.2 Å². The van der Waals surface area contributed by atoms with E-state index in [1.165, 1.54) is 0 Å². The Morgan fingerprint density at radius 2 is 2.21 bits per heavy atom. The lowest BCUT2D eigenvalue weighted by Gasteiger charge is -2.40. The molecular weight excluding hydrogens is 324 g/mol. The number of anilines is 1. The van der Waals surface area contributed by atoms with Gasteiger partial charge in [0, 0.05) is 10.2 Å². The zero-order valence-electron chi connectivity index (χ0n) is 11.2. The normalized spacial score (nSPS) is 30.7. The number of hydrogen-bond acceptors (Lipinski definition) is 2. The van der Waals surface area contributed by atoms with Crippen molar-refractivity contribution in [1.29, 1.82) is 5.26 Å². The molecule has 0 amide bonds. The summed E-state index contributed by atoms with van der Waals surface area (Å²) >= 11 is 9.42. The molecule has 1 aliphatic carbocycles. The molecule has 0 radical (unpaired) electrons. The molecule has 0 bridgehead atoms. The van der Waals surface area contributed by atoms with Gasteiger partial charge in [-0.1, -0.05) is 25.4 Å². The molecule has 4 heteroatoms. The predicted molar refractivity (Wildman–Crippen MR) is 83.3 cm³/mol. The Labute approximate surface area is 128 Å².